The van der Waals surface area contributed by atoms with E-state index < -0.39 is 6.10 Å². The van der Waals surface area contributed by atoms with Gasteiger partial charge in [0.1, 0.15) is 0 Å². The van der Waals surface area contributed by atoms with Gasteiger partial charge in [0.05, 0.1) is 12.7 Å². The van der Waals surface area contributed by atoms with Gasteiger partial charge in [-0.2, -0.15) is 0 Å². The van der Waals surface area contributed by atoms with Crippen LogP contribution in [0.15, 0.2) is 24.3 Å². The molecule has 54 valence electrons. The van der Waals surface area contributed by atoms with Crippen LogP contribution in [0.25, 0.3) is 0 Å². The fourth-order valence-corrected chi connectivity index (χ4v) is 1.31. The highest BCUT2D eigenvalue weighted by atomic mass is 16.3. The second kappa shape index (κ2) is 1.71. The minimum Gasteiger partial charge on any atom is -0.394 e. The Morgan fingerprint density at radius 3 is 2.30 bits per heavy atom. The third kappa shape index (κ3) is 0.662. The molecule has 0 heterocycles. The Labute approximate surface area is 59.5 Å². The highest BCUT2D eigenvalue weighted by molar-refractivity contribution is 5.41. The Morgan fingerprint density at radius 2 is 2.00 bits per heavy atom. The summed E-state index contributed by atoms with van der Waals surface area (Å²) in [6.45, 7) is -0.148. The zero-order chi connectivity index (χ0) is 7.19. The van der Waals surface area contributed by atoms with Crippen LogP contribution in [0.1, 0.15) is 0 Å². The zero-order valence-corrected chi connectivity index (χ0v) is 5.57. The third-order valence-corrected chi connectivity index (χ3v) is 2.26. The average Bonchev–Trinajstić information content (AvgIpc) is 2.74. The molecule has 2 heteroatoms. The lowest BCUT2D eigenvalue weighted by Gasteiger charge is -2.20. The Balaban J connectivity index is 2.00. The fourth-order valence-electron chi connectivity index (χ4n) is 1.31. The van der Waals surface area contributed by atoms with Gasteiger partial charge in [0.15, 0.2) is 0 Å². The summed E-state index contributed by atoms with van der Waals surface area (Å²) >= 11 is 0. The summed E-state index contributed by atoms with van der Waals surface area (Å²) < 4.78 is 0. The largest absolute Gasteiger partial charge is 0.394 e. The molecule has 0 aromatic rings. The zero-order valence-electron chi connectivity index (χ0n) is 5.57. The first-order chi connectivity index (χ1) is 4.79. The molecule has 0 amide bonds. The lowest BCUT2D eigenvalue weighted by Crippen LogP contribution is -2.29. The molecule has 2 rings (SSSR count). The molecular weight excluding hydrogens is 128 g/mol. The van der Waals surface area contributed by atoms with E-state index in [9.17, 15) is 5.11 Å². The molecule has 0 aromatic heterocycles. The predicted molar refractivity (Wildman–Crippen MR) is 37.3 cm³/mol. The number of aliphatic hydroxyl groups excluding tert-OH is 2. The van der Waals surface area contributed by atoms with Crippen molar-refractivity contribution < 1.29 is 10.2 Å². The minimum absolute atomic E-state index is 0.148. The molecule has 0 bridgehead atoms. The van der Waals surface area contributed by atoms with E-state index in [1.54, 1.807) is 0 Å². The molecule has 0 fully saturated rings. The minimum atomic E-state index is -0.604. The van der Waals surface area contributed by atoms with E-state index in [1.807, 2.05) is 24.3 Å². The van der Waals surface area contributed by atoms with E-state index in [1.165, 1.54) is 0 Å². The van der Waals surface area contributed by atoms with Gasteiger partial charge in [-0.15, -0.1) is 0 Å². The van der Waals surface area contributed by atoms with Crippen LogP contribution in [0, 0.1) is 11.3 Å². The van der Waals surface area contributed by atoms with Gasteiger partial charge >= 0.3 is 0 Å². The summed E-state index contributed by atoms with van der Waals surface area (Å²) in [6.07, 6.45) is 7.39. The molecule has 2 aliphatic carbocycles. The summed E-state index contributed by atoms with van der Waals surface area (Å²) in [5, 5.41) is 18.0. The maximum atomic E-state index is 9.31. The van der Waals surface area contributed by atoms with Crippen molar-refractivity contribution in [2.45, 2.75) is 6.10 Å². The monoisotopic (exact) mass is 138 g/mol. The van der Waals surface area contributed by atoms with Crippen LogP contribution in [-0.2, 0) is 0 Å². The maximum Gasteiger partial charge on any atom is 0.0904 e. The van der Waals surface area contributed by atoms with Gasteiger partial charge in [-0.3, -0.25) is 0 Å². The number of aliphatic hydroxyl groups is 2. The van der Waals surface area contributed by atoms with Crippen molar-refractivity contribution in [3.63, 3.8) is 0 Å². The van der Waals surface area contributed by atoms with E-state index in [4.69, 9.17) is 5.11 Å². The van der Waals surface area contributed by atoms with E-state index in [2.05, 4.69) is 0 Å². The Bertz CT molecular complexity index is 193. The van der Waals surface area contributed by atoms with E-state index in [-0.39, 0.29) is 12.0 Å². The molecule has 0 saturated heterocycles. The van der Waals surface area contributed by atoms with E-state index in [0.29, 0.717) is 5.92 Å². The number of hydrogen-bond acceptors (Lipinski definition) is 2. The quantitative estimate of drug-likeness (QED) is 0.542. The van der Waals surface area contributed by atoms with Crippen LogP contribution in [0.3, 0.4) is 0 Å². The SMILES string of the molecule is OCC(O)C1(C2C=C2)C=C1. The molecule has 1 unspecified atom stereocenters. The molecule has 0 spiro atoms. The molecule has 1 atom stereocenters. The topological polar surface area (TPSA) is 40.5 Å². The third-order valence-electron chi connectivity index (χ3n) is 2.26. The van der Waals surface area contributed by atoms with Crippen molar-refractivity contribution in [3.05, 3.63) is 24.3 Å². The first-order valence-electron chi connectivity index (χ1n) is 3.47. The number of rotatable bonds is 3. The lowest BCUT2D eigenvalue weighted by atomic mass is 9.90. The van der Waals surface area contributed by atoms with Crippen molar-refractivity contribution in [2.75, 3.05) is 6.61 Å². The van der Waals surface area contributed by atoms with Gasteiger partial charge in [0, 0.05) is 11.3 Å². The molecule has 0 aliphatic heterocycles. The summed E-state index contributed by atoms with van der Waals surface area (Å²) in [7, 11) is 0. The predicted octanol–water partition coefficient (Wildman–Crippen LogP) is 0.0818. The van der Waals surface area contributed by atoms with Crippen molar-refractivity contribution in [1.29, 1.82) is 0 Å². The second-order valence-corrected chi connectivity index (χ2v) is 2.94. The summed E-state index contributed by atoms with van der Waals surface area (Å²) in [5.74, 6) is 0.384. The second-order valence-electron chi connectivity index (χ2n) is 2.94. The highest BCUT2D eigenvalue weighted by Gasteiger charge is 2.49. The molecular formula is C8H10O2. The van der Waals surface area contributed by atoms with Gasteiger partial charge in [0.25, 0.3) is 0 Å². The van der Waals surface area contributed by atoms with E-state index >= 15 is 0 Å². The average molecular weight is 138 g/mol. The van der Waals surface area contributed by atoms with Crippen LogP contribution in [0.5, 0.6) is 0 Å². The maximum absolute atomic E-state index is 9.31. The first-order valence-corrected chi connectivity index (χ1v) is 3.47. The van der Waals surface area contributed by atoms with Gasteiger partial charge in [-0.25, -0.2) is 0 Å². The van der Waals surface area contributed by atoms with Gasteiger partial charge < -0.3 is 10.2 Å². The summed E-state index contributed by atoms with van der Waals surface area (Å²) in [4.78, 5) is 0. The Kier molecular flexibility index (Phi) is 1.05. The summed E-state index contributed by atoms with van der Waals surface area (Å²) in [6, 6.07) is 0. The number of allylic oxidation sites excluding steroid dienone is 2. The van der Waals surface area contributed by atoms with Gasteiger partial charge in [-0.05, 0) is 0 Å². The number of hydrogen-bond donors (Lipinski definition) is 2. The van der Waals surface area contributed by atoms with Gasteiger partial charge in [-0.1, -0.05) is 24.3 Å². The molecule has 2 N–H and O–H groups in total. The molecule has 10 heavy (non-hydrogen) atoms. The van der Waals surface area contributed by atoms with Gasteiger partial charge in [0.2, 0.25) is 0 Å². The molecule has 0 saturated carbocycles. The van der Waals surface area contributed by atoms with E-state index in [0.717, 1.165) is 0 Å². The molecule has 2 nitrogen and oxygen atoms in total. The highest BCUT2D eigenvalue weighted by Crippen LogP contribution is 2.51. The van der Waals surface area contributed by atoms with Crippen molar-refractivity contribution >= 4 is 0 Å². The molecule has 0 radical (unpaired) electrons. The lowest BCUT2D eigenvalue weighted by molar-refractivity contribution is 0.0409. The van der Waals surface area contributed by atoms with Crippen LogP contribution >= 0.6 is 0 Å². The Morgan fingerprint density at radius 1 is 1.40 bits per heavy atom. The van der Waals surface area contributed by atoms with Crippen molar-refractivity contribution in [3.8, 4) is 0 Å². The Hall–Kier alpha value is -0.600. The van der Waals surface area contributed by atoms with Crippen LogP contribution in [-0.4, -0.2) is 22.9 Å². The van der Waals surface area contributed by atoms with Crippen LogP contribution in [0.4, 0.5) is 0 Å². The van der Waals surface area contributed by atoms with Crippen LogP contribution in [0.2, 0.25) is 0 Å². The normalized spacial score (nSPS) is 28.6. The summed E-state index contributed by atoms with van der Waals surface area (Å²) in [5.41, 5.74) is -0.186. The molecule has 2 aliphatic rings. The van der Waals surface area contributed by atoms with Crippen molar-refractivity contribution in [2.24, 2.45) is 11.3 Å². The molecule has 0 aromatic carbocycles. The standard InChI is InChI=1S/C8H10O2/c9-5-7(10)8(3-4-8)6-1-2-6/h1-4,6-7,9-10H,5H2. The fraction of sp³-hybridized carbons (Fsp3) is 0.500. The first kappa shape index (κ1) is 6.13. The van der Waals surface area contributed by atoms with Crippen molar-refractivity contribution in [1.82, 2.24) is 0 Å². The smallest absolute Gasteiger partial charge is 0.0904 e. The van der Waals surface area contributed by atoms with Crippen LogP contribution < -0.4 is 0 Å².